The van der Waals surface area contributed by atoms with Crippen LogP contribution in [0.15, 0.2) is 24.4 Å². The molecule has 114 valence electrons. The Bertz CT molecular complexity index is 644. The molecular weight excluding hydrogens is 302 g/mol. The summed E-state index contributed by atoms with van der Waals surface area (Å²) in [5, 5.41) is 7.74. The van der Waals surface area contributed by atoms with Gasteiger partial charge in [0.2, 0.25) is 0 Å². The second-order valence-corrected chi connectivity index (χ2v) is 11.5. The van der Waals surface area contributed by atoms with E-state index in [0.29, 0.717) is 12.2 Å². The van der Waals surface area contributed by atoms with Gasteiger partial charge in [0.15, 0.2) is 0 Å². The van der Waals surface area contributed by atoms with E-state index >= 15 is 0 Å². The van der Waals surface area contributed by atoms with Crippen molar-refractivity contribution in [2.75, 3.05) is 0 Å². The van der Waals surface area contributed by atoms with E-state index in [4.69, 9.17) is 0 Å². The highest BCUT2D eigenvalue weighted by atomic mass is 28.3. The van der Waals surface area contributed by atoms with Crippen molar-refractivity contribution in [3.8, 4) is 11.3 Å². The molecule has 2 aromatic rings. The average molecular weight is 317 g/mol. The number of hydrogen-bond donors (Lipinski definition) is 0. The Kier molecular flexibility index (Phi) is 3.92. The van der Waals surface area contributed by atoms with Crippen molar-refractivity contribution in [2.45, 2.75) is 32.0 Å². The van der Waals surface area contributed by atoms with Gasteiger partial charge in [-0.1, -0.05) is 24.9 Å². The number of halogens is 4. The molecule has 0 amide bonds. The van der Waals surface area contributed by atoms with Gasteiger partial charge < -0.3 is 0 Å². The summed E-state index contributed by atoms with van der Waals surface area (Å²) in [6.45, 7) is 6.44. The topological polar surface area (TPSA) is 30.7 Å². The van der Waals surface area contributed by atoms with Crippen molar-refractivity contribution in [1.82, 2.24) is 15.0 Å². The van der Waals surface area contributed by atoms with Gasteiger partial charge in [-0.25, -0.2) is 4.39 Å². The molecule has 21 heavy (non-hydrogen) atoms. The third kappa shape index (κ3) is 3.90. The minimum atomic E-state index is -4.56. The highest BCUT2D eigenvalue weighted by molar-refractivity contribution is 6.74. The number of aromatic nitrogens is 3. The van der Waals surface area contributed by atoms with Crippen LogP contribution in [0.2, 0.25) is 19.6 Å². The molecule has 0 atom stereocenters. The molecule has 0 unspecified atom stereocenters. The van der Waals surface area contributed by atoms with Crippen molar-refractivity contribution in [3.63, 3.8) is 0 Å². The summed E-state index contributed by atoms with van der Waals surface area (Å²) >= 11 is 0. The van der Waals surface area contributed by atoms with Crippen LogP contribution < -0.4 is 0 Å². The molecule has 0 fully saturated rings. The molecule has 1 aromatic carbocycles. The zero-order chi connectivity index (χ0) is 15.8. The molecule has 0 saturated heterocycles. The molecule has 1 aromatic heterocycles. The molecule has 3 nitrogen and oxygen atoms in total. The van der Waals surface area contributed by atoms with Gasteiger partial charge in [0, 0.05) is 11.7 Å². The quantitative estimate of drug-likeness (QED) is 0.633. The van der Waals surface area contributed by atoms with Gasteiger partial charge in [-0.05, 0) is 18.2 Å². The average Bonchev–Trinajstić information content (AvgIpc) is 2.73. The molecule has 8 heteroatoms. The van der Waals surface area contributed by atoms with Crippen LogP contribution in [0.3, 0.4) is 0 Å². The molecule has 0 spiro atoms. The smallest absolute Gasteiger partial charge is 0.255 e. The maximum atomic E-state index is 13.8. The van der Waals surface area contributed by atoms with E-state index in [2.05, 4.69) is 30.0 Å². The van der Waals surface area contributed by atoms with E-state index < -0.39 is 25.6 Å². The number of rotatable bonds is 3. The summed E-state index contributed by atoms with van der Waals surface area (Å²) in [6.07, 6.45) is -2.29. The van der Waals surface area contributed by atoms with Gasteiger partial charge in [0.05, 0.1) is 19.8 Å². The molecule has 0 bridgehead atoms. The summed E-state index contributed by atoms with van der Waals surface area (Å²) in [5.74, 6) is -0.954. The van der Waals surface area contributed by atoms with Crippen LogP contribution in [0.4, 0.5) is 17.6 Å². The molecule has 2 rings (SSSR count). The summed E-state index contributed by atoms with van der Waals surface area (Å²) < 4.78 is 52.9. The fourth-order valence-corrected chi connectivity index (χ4v) is 3.01. The first kappa shape index (κ1) is 15.7. The van der Waals surface area contributed by atoms with Gasteiger partial charge in [0.1, 0.15) is 11.5 Å². The second kappa shape index (κ2) is 5.25. The summed E-state index contributed by atoms with van der Waals surface area (Å²) in [7, 11) is -1.42. The van der Waals surface area contributed by atoms with Crippen LogP contribution in [0.5, 0.6) is 0 Å². The van der Waals surface area contributed by atoms with Crippen molar-refractivity contribution >= 4 is 8.07 Å². The van der Waals surface area contributed by atoms with E-state index in [1.165, 1.54) is 0 Å². The third-order valence-electron chi connectivity index (χ3n) is 2.75. The molecule has 0 aliphatic rings. The van der Waals surface area contributed by atoms with Crippen molar-refractivity contribution in [1.29, 1.82) is 0 Å². The van der Waals surface area contributed by atoms with E-state index in [9.17, 15) is 17.6 Å². The standard InChI is InChI=1S/C13H15F4N3Si/c1-21(2,3)8-20-7-12(18-19-20)10-5-4-9(6-11(10)14)13(15,16)17/h4-7H,8H2,1-3H3. The van der Waals surface area contributed by atoms with E-state index in [1.807, 2.05) is 0 Å². The lowest BCUT2D eigenvalue weighted by atomic mass is 10.1. The summed E-state index contributed by atoms with van der Waals surface area (Å²) in [5.41, 5.74) is -0.762. The predicted octanol–water partition coefficient (Wildman–Crippen LogP) is 3.98. The molecule has 0 N–H and O–H groups in total. The Morgan fingerprint density at radius 3 is 2.38 bits per heavy atom. The molecule has 0 aliphatic carbocycles. The van der Waals surface area contributed by atoms with Gasteiger partial charge in [-0.15, -0.1) is 5.10 Å². The first-order chi connectivity index (χ1) is 9.56. The highest BCUT2D eigenvalue weighted by Gasteiger charge is 2.31. The zero-order valence-corrected chi connectivity index (χ0v) is 12.9. The SMILES string of the molecule is C[Si](C)(C)Cn1cc(-c2ccc(C(F)(F)F)cc2F)nn1. The predicted molar refractivity (Wildman–Crippen MR) is 73.8 cm³/mol. The fraction of sp³-hybridized carbons (Fsp3) is 0.385. The van der Waals surface area contributed by atoms with Gasteiger partial charge in [-0.2, -0.15) is 13.2 Å². The van der Waals surface area contributed by atoms with Crippen LogP contribution in [0.25, 0.3) is 11.3 Å². The maximum absolute atomic E-state index is 13.8. The third-order valence-corrected chi connectivity index (χ3v) is 4.02. The number of benzene rings is 1. The summed E-state index contributed by atoms with van der Waals surface area (Å²) in [6, 6.07) is 2.41. The van der Waals surface area contributed by atoms with Crippen molar-refractivity contribution in [2.24, 2.45) is 0 Å². The molecular formula is C13H15F4N3Si. The monoisotopic (exact) mass is 317 g/mol. The first-order valence-electron chi connectivity index (χ1n) is 6.33. The zero-order valence-electron chi connectivity index (χ0n) is 11.9. The van der Waals surface area contributed by atoms with Crippen LogP contribution in [0, 0.1) is 5.82 Å². The number of hydrogen-bond acceptors (Lipinski definition) is 2. The van der Waals surface area contributed by atoms with Crippen LogP contribution in [-0.4, -0.2) is 23.1 Å². The van der Waals surface area contributed by atoms with E-state index in [1.54, 1.807) is 10.9 Å². The van der Waals surface area contributed by atoms with Crippen molar-refractivity contribution in [3.05, 3.63) is 35.8 Å². The molecule has 1 heterocycles. The number of alkyl halides is 3. The lowest BCUT2D eigenvalue weighted by Crippen LogP contribution is -2.28. The Morgan fingerprint density at radius 1 is 1.19 bits per heavy atom. The highest BCUT2D eigenvalue weighted by Crippen LogP contribution is 2.32. The Balaban J connectivity index is 2.31. The molecule has 0 radical (unpaired) electrons. The Hall–Kier alpha value is -1.70. The lowest BCUT2D eigenvalue weighted by molar-refractivity contribution is -0.137. The maximum Gasteiger partial charge on any atom is 0.416 e. The minimum Gasteiger partial charge on any atom is -0.255 e. The van der Waals surface area contributed by atoms with Gasteiger partial charge >= 0.3 is 6.18 Å². The van der Waals surface area contributed by atoms with Crippen molar-refractivity contribution < 1.29 is 17.6 Å². The van der Waals surface area contributed by atoms with Gasteiger partial charge in [-0.3, -0.25) is 4.68 Å². The van der Waals surface area contributed by atoms with Crippen LogP contribution >= 0.6 is 0 Å². The van der Waals surface area contributed by atoms with E-state index in [-0.39, 0.29) is 11.3 Å². The molecule has 0 saturated carbocycles. The fourth-order valence-electron chi connectivity index (χ4n) is 1.88. The Labute approximate surface area is 120 Å². The normalized spacial score (nSPS) is 12.7. The largest absolute Gasteiger partial charge is 0.416 e. The second-order valence-electron chi connectivity index (χ2n) is 6.05. The Morgan fingerprint density at radius 2 is 1.86 bits per heavy atom. The van der Waals surface area contributed by atoms with E-state index in [0.717, 1.165) is 12.1 Å². The van der Waals surface area contributed by atoms with Crippen LogP contribution in [0.1, 0.15) is 5.56 Å². The van der Waals surface area contributed by atoms with Gasteiger partial charge in [0.25, 0.3) is 0 Å². The lowest BCUT2D eigenvalue weighted by Gasteiger charge is -2.14. The molecule has 0 aliphatic heterocycles. The first-order valence-corrected chi connectivity index (χ1v) is 10.0. The summed E-state index contributed by atoms with van der Waals surface area (Å²) in [4.78, 5) is 0. The van der Waals surface area contributed by atoms with Crippen LogP contribution in [-0.2, 0) is 12.3 Å². The minimum absolute atomic E-state index is 0.0184. The number of nitrogens with zero attached hydrogens (tertiary/aromatic N) is 3.